The number of fused-ring (bicyclic) bond motifs is 2. The molecule has 5 heterocycles. The molecule has 12 nitrogen and oxygen atoms in total. The van der Waals surface area contributed by atoms with E-state index in [2.05, 4.69) is 35.6 Å². The summed E-state index contributed by atoms with van der Waals surface area (Å²) in [5.74, 6) is -1.38. The molecule has 2 amide bonds. The number of hydrogen-bond donors (Lipinski definition) is 2. The fourth-order valence-electron chi connectivity index (χ4n) is 13.0. The number of aryl methyl sites for hydroxylation is 1. The molecule has 56 heavy (non-hydrogen) atoms. The molecule has 7 fully saturated rings. The molecule has 3 saturated heterocycles. The van der Waals surface area contributed by atoms with E-state index in [4.69, 9.17) is 9.47 Å². The molecule has 1 aromatic heterocycles. The lowest BCUT2D eigenvalue weighted by Crippen LogP contribution is -2.78. The van der Waals surface area contributed by atoms with Gasteiger partial charge in [-0.05, 0) is 86.5 Å². The Morgan fingerprint density at radius 2 is 1.75 bits per heavy atom. The van der Waals surface area contributed by atoms with Crippen LogP contribution in [-0.4, -0.2) is 98.5 Å². The van der Waals surface area contributed by atoms with Crippen LogP contribution in [-0.2, 0) is 27.2 Å². The van der Waals surface area contributed by atoms with Crippen LogP contribution >= 0.6 is 0 Å². The number of carbonyl (C=O) groups excluding carboxylic acids is 3. The molecular weight excluding hydrogens is 711 g/mol. The van der Waals surface area contributed by atoms with Crippen molar-refractivity contribution in [1.29, 1.82) is 0 Å². The van der Waals surface area contributed by atoms with Crippen molar-refractivity contribution in [2.75, 3.05) is 31.1 Å². The molecular formula is C44H53N5O7. The van der Waals surface area contributed by atoms with Crippen LogP contribution in [0.15, 0.2) is 48.7 Å². The van der Waals surface area contributed by atoms with Crippen molar-refractivity contribution in [2.45, 2.75) is 109 Å². The molecule has 8 aliphatic rings. The summed E-state index contributed by atoms with van der Waals surface area (Å²) in [7, 11) is 0. The van der Waals surface area contributed by atoms with Crippen LogP contribution in [0.5, 0.6) is 0 Å². The minimum Gasteiger partial charge on any atom is -0.393 e. The molecule has 2 aromatic carbocycles. The topological polar surface area (TPSA) is 147 Å². The van der Waals surface area contributed by atoms with E-state index in [0.717, 1.165) is 67.3 Å². The van der Waals surface area contributed by atoms with Gasteiger partial charge in [0.25, 0.3) is 11.8 Å². The lowest BCUT2D eigenvalue weighted by atomic mass is 9.37. The van der Waals surface area contributed by atoms with E-state index in [0.29, 0.717) is 55.5 Å². The summed E-state index contributed by atoms with van der Waals surface area (Å²) in [6.07, 6.45) is 7.28. The number of anilines is 1. The number of aromatic nitrogens is 3. The van der Waals surface area contributed by atoms with Crippen LogP contribution < -0.4 is 4.90 Å². The van der Waals surface area contributed by atoms with E-state index < -0.39 is 47.3 Å². The highest BCUT2D eigenvalue weighted by molar-refractivity contribution is 6.26. The van der Waals surface area contributed by atoms with Crippen LogP contribution in [0, 0.1) is 34.0 Å². The van der Waals surface area contributed by atoms with Crippen LogP contribution in [0.3, 0.4) is 0 Å². The van der Waals surface area contributed by atoms with E-state index >= 15 is 0 Å². The van der Waals surface area contributed by atoms with Gasteiger partial charge in [-0.25, -0.2) is 0 Å². The van der Waals surface area contributed by atoms with Gasteiger partial charge in [-0.1, -0.05) is 44.2 Å². The van der Waals surface area contributed by atoms with Crippen molar-refractivity contribution in [1.82, 2.24) is 19.9 Å². The number of hydrogen-bond acceptors (Lipinski definition) is 10. The van der Waals surface area contributed by atoms with Gasteiger partial charge in [0.05, 0.1) is 36.0 Å². The van der Waals surface area contributed by atoms with E-state index in [1.807, 2.05) is 36.5 Å². The largest absolute Gasteiger partial charge is 0.393 e. The van der Waals surface area contributed by atoms with Crippen molar-refractivity contribution < 1.29 is 34.1 Å². The number of piperidine rings is 1. The molecule has 0 radical (unpaired) electrons. The Morgan fingerprint density at radius 3 is 2.55 bits per heavy atom. The third-order valence-electron chi connectivity index (χ3n) is 15.4. The maximum Gasteiger partial charge on any atom is 0.261 e. The van der Waals surface area contributed by atoms with Gasteiger partial charge in [0.2, 0.25) is 0 Å². The number of Topliss-reactive ketones (excluding diaryl/α,β-unsaturated/α-hetero) is 1. The minimum atomic E-state index is -1.18. The van der Waals surface area contributed by atoms with Crippen molar-refractivity contribution in [3.8, 4) is 0 Å². The van der Waals surface area contributed by atoms with Crippen LogP contribution in [0.25, 0.3) is 10.8 Å². The van der Waals surface area contributed by atoms with Gasteiger partial charge in [0.1, 0.15) is 0 Å². The van der Waals surface area contributed by atoms with Crippen LogP contribution in [0.1, 0.15) is 98.0 Å². The molecule has 4 bridgehead atoms. The lowest BCUT2D eigenvalue weighted by molar-refractivity contribution is -0.401. The molecule has 11 rings (SSSR count). The maximum absolute atomic E-state index is 14.0. The quantitative estimate of drug-likeness (QED) is 0.223. The first-order chi connectivity index (χ1) is 27.0. The van der Waals surface area contributed by atoms with Gasteiger partial charge in [0.15, 0.2) is 12.1 Å². The Bertz CT molecular complexity index is 2120. The van der Waals surface area contributed by atoms with E-state index in [-0.39, 0.29) is 35.5 Å². The van der Waals surface area contributed by atoms with E-state index in [1.165, 1.54) is 11.3 Å². The van der Waals surface area contributed by atoms with E-state index in [9.17, 15) is 24.6 Å². The monoisotopic (exact) mass is 763 g/mol. The Kier molecular flexibility index (Phi) is 8.46. The molecule has 4 aliphatic heterocycles. The van der Waals surface area contributed by atoms with Crippen LogP contribution in [0.4, 0.5) is 5.69 Å². The predicted molar refractivity (Wildman–Crippen MR) is 207 cm³/mol. The average Bonchev–Trinajstić information content (AvgIpc) is 3.69. The number of benzene rings is 2. The van der Waals surface area contributed by atoms with Gasteiger partial charge in [0, 0.05) is 83.6 Å². The lowest BCUT2D eigenvalue weighted by Gasteiger charge is -2.72. The van der Waals surface area contributed by atoms with Crippen molar-refractivity contribution in [3.63, 3.8) is 0 Å². The number of ether oxygens (including phenoxy) is 2. The molecule has 4 aliphatic carbocycles. The van der Waals surface area contributed by atoms with Crippen molar-refractivity contribution in [3.05, 3.63) is 65.5 Å². The molecule has 2 N–H and O–H groups in total. The molecule has 3 aromatic rings. The Balaban J connectivity index is 0.803. The Labute approximate surface area is 327 Å². The molecule has 2 spiro atoms. The zero-order valence-corrected chi connectivity index (χ0v) is 32.5. The average molecular weight is 764 g/mol. The third-order valence-corrected chi connectivity index (χ3v) is 15.4. The normalized spacial score (nSPS) is 35.7. The number of aliphatic hydroxyl groups excluding tert-OH is 2. The molecule has 9 atom stereocenters. The first-order valence-corrected chi connectivity index (χ1v) is 20.9. The summed E-state index contributed by atoms with van der Waals surface area (Å²) >= 11 is 0. The highest BCUT2D eigenvalue weighted by Crippen LogP contribution is 2.75. The van der Waals surface area contributed by atoms with Crippen molar-refractivity contribution in [2.24, 2.45) is 34.0 Å². The standard InChI is InChI=1S/C44H53N5O7/c1-25-30-22-32(50)36-43-16-8-15-42(2,3)33(43)23-34(44(36,37(25)51)38(30)52)56-41(43)55-21-14-26-24-48(46-45-26)19-9-20-49-39(53)28-11-7-10-27-31(47-17-5-4-6-18-47)13-12-29(35(27)28)40(49)54/h7,10-13,24,30,32-34,36,38,41,50,52H,1,4-6,8-9,14-23H2,2-3H3/t30-,32-,33+,34+,36-,38+,41+,43-,44+/m0/s1. The Morgan fingerprint density at radius 1 is 0.964 bits per heavy atom. The zero-order valence-electron chi connectivity index (χ0n) is 32.5. The molecule has 296 valence electrons. The van der Waals surface area contributed by atoms with Crippen molar-refractivity contribution >= 4 is 34.1 Å². The summed E-state index contributed by atoms with van der Waals surface area (Å²) in [6, 6.07) is 9.71. The number of rotatable bonds is 9. The van der Waals surface area contributed by atoms with Gasteiger partial charge >= 0.3 is 0 Å². The third kappa shape index (κ3) is 4.94. The second kappa shape index (κ2) is 13.0. The number of imide groups is 1. The summed E-state index contributed by atoms with van der Waals surface area (Å²) in [5, 5.41) is 34.0. The van der Waals surface area contributed by atoms with E-state index in [1.54, 1.807) is 4.68 Å². The number of amides is 2. The Hall–Kier alpha value is -3.97. The summed E-state index contributed by atoms with van der Waals surface area (Å²) in [4.78, 5) is 45.2. The smallest absolute Gasteiger partial charge is 0.261 e. The maximum atomic E-state index is 14.0. The highest BCUT2D eigenvalue weighted by Gasteiger charge is 2.81. The summed E-state index contributed by atoms with van der Waals surface area (Å²) in [5.41, 5.74) is 1.58. The second-order valence-corrected chi connectivity index (χ2v) is 18.4. The molecule has 0 unspecified atom stereocenters. The van der Waals surface area contributed by atoms with Gasteiger partial charge in [-0.15, -0.1) is 5.10 Å². The molecule has 4 saturated carbocycles. The second-order valence-electron chi connectivity index (χ2n) is 18.4. The fourth-order valence-corrected chi connectivity index (χ4v) is 13.0. The molecule has 12 heteroatoms. The van der Waals surface area contributed by atoms with Gasteiger partial charge < -0.3 is 24.6 Å². The predicted octanol–water partition coefficient (Wildman–Crippen LogP) is 5.09. The first-order valence-electron chi connectivity index (χ1n) is 20.9. The van der Waals surface area contributed by atoms with Crippen LogP contribution in [0.2, 0.25) is 0 Å². The number of ketones is 1. The first kappa shape index (κ1) is 36.4. The number of nitrogens with zero attached hydrogens (tertiary/aromatic N) is 5. The fraction of sp³-hybridized carbons (Fsp3) is 0.614. The minimum absolute atomic E-state index is 0.0388. The zero-order chi connectivity index (χ0) is 38.7. The number of carbonyl (C=O) groups is 3. The number of aliphatic hydroxyl groups is 2. The summed E-state index contributed by atoms with van der Waals surface area (Å²) < 4.78 is 15.1. The SMILES string of the molecule is C=C1C(=O)[C@]23[C@H](O)[C@H]1C[C@H](O)[C@H]2[C@]12CCCC(C)(C)[C@H]1C[C@H]3O[C@H]2OCCc1cn(CCCN2C(=O)c3cccc4c(N5CCCCC5)ccc(c34)C2=O)nn1. The van der Waals surface area contributed by atoms with Gasteiger partial charge in [-0.2, -0.15) is 0 Å². The van der Waals surface area contributed by atoms with Gasteiger partial charge in [-0.3, -0.25) is 24.0 Å². The summed E-state index contributed by atoms with van der Waals surface area (Å²) in [6.45, 7) is 11.7. The highest BCUT2D eigenvalue weighted by atomic mass is 16.7.